The quantitative estimate of drug-likeness (QED) is 0.793. The minimum Gasteiger partial charge on any atom is -0.336 e. The van der Waals surface area contributed by atoms with Crippen LogP contribution in [-0.2, 0) is 0 Å². The summed E-state index contributed by atoms with van der Waals surface area (Å²) < 4.78 is 1.92. The number of amides is 2. The Morgan fingerprint density at radius 2 is 1.96 bits per heavy atom. The summed E-state index contributed by atoms with van der Waals surface area (Å²) in [5, 5.41) is 6.01. The molecule has 4 bridgehead atoms. The maximum absolute atomic E-state index is 12.5. The lowest BCUT2D eigenvalue weighted by Crippen LogP contribution is -2.67. The molecule has 0 unspecified atom stereocenters. The van der Waals surface area contributed by atoms with Crippen molar-refractivity contribution in [1.29, 1.82) is 0 Å². The van der Waals surface area contributed by atoms with E-state index < -0.39 is 0 Å². The first-order valence-corrected chi connectivity index (χ1v) is 9.78. The largest absolute Gasteiger partial charge is 0.336 e. The van der Waals surface area contributed by atoms with E-state index in [4.69, 9.17) is 5.73 Å². The van der Waals surface area contributed by atoms with Gasteiger partial charge in [-0.05, 0) is 74.3 Å². The van der Waals surface area contributed by atoms with Crippen molar-refractivity contribution in [2.75, 3.05) is 11.9 Å². The summed E-state index contributed by atoms with van der Waals surface area (Å²) in [4.78, 5) is 16.8. The molecule has 2 aromatic rings. The summed E-state index contributed by atoms with van der Waals surface area (Å²) in [7, 11) is 0. The van der Waals surface area contributed by atoms with Crippen molar-refractivity contribution < 1.29 is 4.79 Å². The number of anilines is 1. The van der Waals surface area contributed by atoms with Crippen LogP contribution in [-0.4, -0.2) is 27.5 Å². The van der Waals surface area contributed by atoms with Crippen molar-refractivity contribution in [2.45, 2.75) is 44.6 Å². The lowest BCUT2D eigenvalue weighted by Gasteiger charge is -2.59. The second-order valence-corrected chi connectivity index (χ2v) is 8.79. The average molecular weight is 353 g/mol. The third kappa shape index (κ3) is 2.50. The van der Waals surface area contributed by atoms with E-state index >= 15 is 0 Å². The fourth-order valence-electron chi connectivity index (χ4n) is 6.03. The van der Waals surface area contributed by atoms with Gasteiger partial charge in [0.2, 0.25) is 0 Å². The minimum absolute atomic E-state index is 0.178. The van der Waals surface area contributed by atoms with E-state index in [1.54, 1.807) is 6.20 Å². The van der Waals surface area contributed by atoms with Crippen molar-refractivity contribution in [3.8, 4) is 0 Å². The van der Waals surface area contributed by atoms with Crippen LogP contribution in [0.5, 0.6) is 0 Å². The van der Waals surface area contributed by atoms with Crippen molar-refractivity contribution >= 4 is 17.4 Å². The molecule has 0 saturated heterocycles. The summed E-state index contributed by atoms with van der Waals surface area (Å²) in [6, 6.07) is 1.77. The van der Waals surface area contributed by atoms with Crippen molar-refractivity contribution in [2.24, 2.45) is 29.4 Å². The predicted molar refractivity (Wildman–Crippen MR) is 101 cm³/mol. The van der Waals surface area contributed by atoms with Gasteiger partial charge in [-0.2, -0.15) is 0 Å². The first-order chi connectivity index (χ1) is 12.5. The van der Waals surface area contributed by atoms with E-state index in [2.05, 4.69) is 15.6 Å². The van der Waals surface area contributed by atoms with Crippen LogP contribution in [0.1, 0.15) is 37.7 Å². The number of hydrogen-bond donors (Lipinski definition) is 3. The van der Waals surface area contributed by atoms with Crippen LogP contribution in [0.4, 0.5) is 10.5 Å². The molecule has 0 aromatic carbocycles. The second kappa shape index (κ2) is 5.71. The number of rotatable bonds is 3. The third-order valence-corrected chi connectivity index (χ3v) is 7.14. The monoisotopic (exact) mass is 353 g/mol. The maximum atomic E-state index is 12.5. The van der Waals surface area contributed by atoms with E-state index in [-0.39, 0.29) is 11.6 Å². The van der Waals surface area contributed by atoms with E-state index in [0.717, 1.165) is 28.7 Å². The lowest BCUT2D eigenvalue weighted by molar-refractivity contribution is -0.0528. The zero-order chi connectivity index (χ0) is 17.9. The SMILES string of the molecule is Cc1cc(NC(=O)NCC2(N)C3CC4CC(C3)CC2C4)cn2ccnc12. The standard InChI is InChI=1S/C20H27N5O/c1-12-4-17(10-25-3-2-22-18(12)25)24-19(26)23-11-20(21)15-6-13-5-14(8-15)9-16(20)7-13/h2-4,10,13-16H,5-9,11,21H2,1H3,(H2,23,24,26). The number of nitrogens with one attached hydrogen (secondary N) is 2. The lowest BCUT2D eigenvalue weighted by atomic mass is 9.49. The molecule has 26 heavy (non-hydrogen) atoms. The number of aromatic nitrogens is 2. The first kappa shape index (κ1) is 16.1. The number of aryl methyl sites for hydroxylation is 1. The Balaban J connectivity index is 1.26. The Kier molecular flexibility index (Phi) is 3.54. The second-order valence-electron chi connectivity index (χ2n) is 8.79. The van der Waals surface area contributed by atoms with Gasteiger partial charge in [0, 0.05) is 30.7 Å². The van der Waals surface area contributed by atoms with Gasteiger partial charge in [-0.15, -0.1) is 0 Å². The summed E-state index contributed by atoms with van der Waals surface area (Å²) in [6.07, 6.45) is 12.0. The van der Waals surface area contributed by atoms with Crippen molar-refractivity contribution in [3.63, 3.8) is 0 Å². The van der Waals surface area contributed by atoms with Crippen molar-refractivity contribution in [3.05, 3.63) is 30.2 Å². The van der Waals surface area contributed by atoms with Gasteiger partial charge in [-0.25, -0.2) is 9.78 Å². The zero-order valence-corrected chi connectivity index (χ0v) is 15.2. The Labute approximate surface area is 153 Å². The molecule has 6 nitrogen and oxygen atoms in total. The summed E-state index contributed by atoms with van der Waals surface area (Å²) in [5.74, 6) is 2.91. The molecule has 4 N–H and O–H groups in total. The molecule has 4 saturated carbocycles. The molecule has 4 aliphatic rings. The summed E-state index contributed by atoms with van der Waals surface area (Å²) in [5.41, 5.74) is 9.34. The van der Waals surface area contributed by atoms with Crippen LogP contribution < -0.4 is 16.4 Å². The molecule has 2 heterocycles. The number of nitrogens with two attached hydrogens (primary N) is 1. The van der Waals surface area contributed by atoms with Crippen LogP contribution >= 0.6 is 0 Å². The number of carbonyl (C=O) groups is 1. The molecule has 6 rings (SSSR count). The molecule has 4 aliphatic carbocycles. The van der Waals surface area contributed by atoms with Gasteiger partial charge < -0.3 is 20.8 Å². The fourth-order valence-corrected chi connectivity index (χ4v) is 6.03. The van der Waals surface area contributed by atoms with Crippen LogP contribution in [0.3, 0.4) is 0 Å². The molecule has 0 radical (unpaired) electrons. The third-order valence-electron chi connectivity index (χ3n) is 7.14. The molecule has 2 amide bonds. The Morgan fingerprint density at radius 3 is 2.65 bits per heavy atom. The molecule has 4 fully saturated rings. The van der Waals surface area contributed by atoms with Crippen LogP contribution in [0, 0.1) is 30.6 Å². The molecule has 0 atom stereocenters. The van der Waals surface area contributed by atoms with E-state index in [1.165, 1.54) is 32.1 Å². The maximum Gasteiger partial charge on any atom is 0.319 e. The van der Waals surface area contributed by atoms with Gasteiger partial charge in [0.05, 0.1) is 5.69 Å². The van der Waals surface area contributed by atoms with E-state index in [1.807, 2.05) is 29.8 Å². The number of hydrogen-bond acceptors (Lipinski definition) is 3. The van der Waals surface area contributed by atoms with Gasteiger partial charge in [-0.3, -0.25) is 0 Å². The fraction of sp³-hybridized carbons (Fsp3) is 0.600. The smallest absolute Gasteiger partial charge is 0.319 e. The number of pyridine rings is 1. The number of urea groups is 1. The van der Waals surface area contributed by atoms with Gasteiger partial charge in [0.25, 0.3) is 0 Å². The molecule has 0 spiro atoms. The molecule has 6 heteroatoms. The Bertz CT molecular complexity index is 829. The number of fused-ring (bicyclic) bond motifs is 1. The normalized spacial score (nSPS) is 35.0. The van der Waals surface area contributed by atoms with Crippen LogP contribution in [0.15, 0.2) is 24.7 Å². The molecular weight excluding hydrogens is 326 g/mol. The first-order valence-electron chi connectivity index (χ1n) is 9.78. The van der Waals surface area contributed by atoms with Gasteiger partial charge in [0.1, 0.15) is 5.65 Å². The Hall–Kier alpha value is -2.08. The highest BCUT2D eigenvalue weighted by Gasteiger charge is 2.55. The number of nitrogens with zero attached hydrogens (tertiary/aromatic N) is 2. The minimum atomic E-state index is -0.227. The molecular formula is C20H27N5O. The highest BCUT2D eigenvalue weighted by atomic mass is 16.2. The van der Waals surface area contributed by atoms with E-state index in [0.29, 0.717) is 18.4 Å². The van der Waals surface area contributed by atoms with E-state index in [9.17, 15) is 4.79 Å². The number of carbonyl (C=O) groups excluding carboxylic acids is 1. The van der Waals surface area contributed by atoms with Crippen molar-refractivity contribution in [1.82, 2.24) is 14.7 Å². The predicted octanol–water partition coefficient (Wildman–Crippen LogP) is 2.92. The highest BCUT2D eigenvalue weighted by Crippen LogP contribution is 2.57. The van der Waals surface area contributed by atoms with Gasteiger partial charge in [0.15, 0.2) is 0 Å². The average Bonchev–Trinajstić information content (AvgIpc) is 3.06. The highest BCUT2D eigenvalue weighted by molar-refractivity contribution is 5.89. The van der Waals surface area contributed by atoms with Gasteiger partial charge in [-0.1, -0.05) is 0 Å². The summed E-state index contributed by atoms with van der Waals surface area (Å²) >= 11 is 0. The van der Waals surface area contributed by atoms with Gasteiger partial charge >= 0.3 is 6.03 Å². The summed E-state index contributed by atoms with van der Waals surface area (Å²) in [6.45, 7) is 2.56. The molecule has 138 valence electrons. The number of imidazole rings is 1. The zero-order valence-electron chi connectivity index (χ0n) is 15.2. The topological polar surface area (TPSA) is 84.5 Å². The van der Waals surface area contributed by atoms with Crippen LogP contribution in [0.25, 0.3) is 5.65 Å². The molecule has 0 aliphatic heterocycles. The van der Waals surface area contributed by atoms with Crippen LogP contribution in [0.2, 0.25) is 0 Å². The molecule has 2 aromatic heterocycles. The Morgan fingerprint density at radius 1 is 1.27 bits per heavy atom.